The van der Waals surface area contributed by atoms with Gasteiger partial charge in [-0.2, -0.15) is 0 Å². The van der Waals surface area contributed by atoms with Crippen molar-refractivity contribution in [2.75, 3.05) is 39.0 Å². The zero-order chi connectivity index (χ0) is 14.7. The molecule has 1 aliphatic heterocycles. The van der Waals surface area contributed by atoms with Gasteiger partial charge >= 0.3 is 0 Å². The molecule has 3 heteroatoms. The van der Waals surface area contributed by atoms with E-state index in [1.54, 1.807) is 0 Å². The summed E-state index contributed by atoms with van der Waals surface area (Å²) in [4.78, 5) is 4.92. The van der Waals surface area contributed by atoms with E-state index >= 15 is 0 Å². The van der Waals surface area contributed by atoms with Crippen molar-refractivity contribution >= 4 is 5.69 Å². The average Bonchev–Trinajstić information content (AvgIpc) is 2.51. The number of nitrogens with zero attached hydrogens (tertiary/aromatic N) is 2. The Bertz CT molecular complexity index is 566. The van der Waals surface area contributed by atoms with Crippen LogP contribution in [0, 0.1) is 0 Å². The van der Waals surface area contributed by atoms with Crippen molar-refractivity contribution in [3.05, 3.63) is 54.1 Å². The van der Waals surface area contributed by atoms with Crippen LogP contribution in [-0.2, 0) is 6.54 Å². The lowest BCUT2D eigenvalue weighted by atomic mass is 10.0. The van der Waals surface area contributed by atoms with Gasteiger partial charge in [0.15, 0.2) is 0 Å². The number of anilines is 1. The number of piperazine rings is 1. The third-order valence-electron chi connectivity index (χ3n) is 4.20. The summed E-state index contributed by atoms with van der Waals surface area (Å²) in [5, 5.41) is 0. The van der Waals surface area contributed by atoms with Crippen LogP contribution < -0.4 is 5.73 Å². The third-order valence-corrected chi connectivity index (χ3v) is 4.20. The number of hydrogen-bond donors (Lipinski definition) is 1. The zero-order valence-electron chi connectivity index (χ0n) is 12.6. The minimum Gasteiger partial charge on any atom is -0.399 e. The molecule has 1 saturated heterocycles. The van der Waals surface area contributed by atoms with Gasteiger partial charge in [0, 0.05) is 38.4 Å². The molecule has 0 amide bonds. The van der Waals surface area contributed by atoms with Gasteiger partial charge in [-0.25, -0.2) is 0 Å². The molecule has 0 atom stereocenters. The fourth-order valence-corrected chi connectivity index (χ4v) is 2.74. The minimum absolute atomic E-state index is 0.811. The molecule has 0 unspecified atom stereocenters. The van der Waals surface area contributed by atoms with Gasteiger partial charge in [0.05, 0.1) is 0 Å². The Morgan fingerprint density at radius 2 is 1.33 bits per heavy atom. The maximum Gasteiger partial charge on any atom is 0.0314 e. The Morgan fingerprint density at radius 3 is 1.90 bits per heavy atom. The van der Waals surface area contributed by atoms with Crippen LogP contribution in [0.5, 0.6) is 0 Å². The third kappa shape index (κ3) is 3.63. The van der Waals surface area contributed by atoms with Gasteiger partial charge in [0.1, 0.15) is 0 Å². The first-order valence-electron chi connectivity index (χ1n) is 7.56. The Morgan fingerprint density at radius 1 is 0.810 bits per heavy atom. The summed E-state index contributed by atoms with van der Waals surface area (Å²) >= 11 is 0. The highest BCUT2D eigenvalue weighted by molar-refractivity contribution is 5.65. The molecule has 0 saturated carbocycles. The molecule has 110 valence electrons. The van der Waals surface area contributed by atoms with Crippen molar-refractivity contribution in [3.8, 4) is 11.1 Å². The molecule has 0 aliphatic carbocycles. The molecule has 0 radical (unpaired) electrons. The number of benzene rings is 2. The molecular formula is C18H23N3. The minimum atomic E-state index is 0.811. The fraction of sp³-hybridized carbons (Fsp3) is 0.333. The second kappa shape index (κ2) is 6.29. The second-order valence-electron chi connectivity index (χ2n) is 5.90. The molecular weight excluding hydrogens is 258 g/mol. The van der Waals surface area contributed by atoms with Crippen molar-refractivity contribution < 1.29 is 0 Å². The maximum absolute atomic E-state index is 5.73. The van der Waals surface area contributed by atoms with E-state index in [1.807, 2.05) is 12.1 Å². The van der Waals surface area contributed by atoms with Crippen molar-refractivity contribution in [3.63, 3.8) is 0 Å². The number of nitrogens with two attached hydrogens (primary N) is 1. The molecule has 2 aromatic rings. The lowest BCUT2D eigenvalue weighted by molar-refractivity contribution is 0.148. The maximum atomic E-state index is 5.73. The molecule has 3 rings (SSSR count). The van der Waals surface area contributed by atoms with Gasteiger partial charge in [-0.3, -0.25) is 4.90 Å². The molecule has 1 fully saturated rings. The van der Waals surface area contributed by atoms with Gasteiger partial charge in [-0.1, -0.05) is 36.4 Å². The fourth-order valence-electron chi connectivity index (χ4n) is 2.74. The van der Waals surface area contributed by atoms with Crippen molar-refractivity contribution in [2.24, 2.45) is 0 Å². The molecule has 0 aromatic heterocycles. The van der Waals surface area contributed by atoms with E-state index in [1.165, 1.54) is 29.8 Å². The molecule has 3 nitrogen and oxygen atoms in total. The summed E-state index contributed by atoms with van der Waals surface area (Å²) < 4.78 is 0. The molecule has 2 N–H and O–H groups in total. The smallest absolute Gasteiger partial charge is 0.0314 e. The Hall–Kier alpha value is -1.84. The average molecular weight is 281 g/mol. The predicted molar refractivity (Wildman–Crippen MR) is 89.1 cm³/mol. The highest BCUT2D eigenvalue weighted by Crippen LogP contribution is 2.21. The molecule has 0 bridgehead atoms. The van der Waals surface area contributed by atoms with E-state index in [0.29, 0.717) is 0 Å². The van der Waals surface area contributed by atoms with Gasteiger partial charge in [0.2, 0.25) is 0 Å². The summed E-state index contributed by atoms with van der Waals surface area (Å²) in [5.74, 6) is 0. The van der Waals surface area contributed by atoms with Gasteiger partial charge in [-0.05, 0) is 35.9 Å². The summed E-state index contributed by atoms with van der Waals surface area (Å²) in [5.41, 5.74) is 10.4. The van der Waals surface area contributed by atoms with E-state index < -0.39 is 0 Å². The van der Waals surface area contributed by atoms with Crippen molar-refractivity contribution in [2.45, 2.75) is 6.54 Å². The van der Waals surface area contributed by atoms with Gasteiger partial charge in [-0.15, -0.1) is 0 Å². The molecule has 1 aliphatic rings. The van der Waals surface area contributed by atoms with Crippen LogP contribution in [0.1, 0.15) is 5.56 Å². The Labute approximate surface area is 127 Å². The van der Waals surface area contributed by atoms with Crippen LogP contribution >= 0.6 is 0 Å². The summed E-state index contributed by atoms with van der Waals surface area (Å²) in [7, 11) is 2.19. The summed E-state index contributed by atoms with van der Waals surface area (Å²) in [6.45, 7) is 5.72. The highest BCUT2D eigenvalue weighted by Gasteiger charge is 2.13. The van der Waals surface area contributed by atoms with Crippen LogP contribution in [0.15, 0.2) is 48.5 Å². The molecule has 0 spiro atoms. The van der Waals surface area contributed by atoms with Gasteiger partial charge < -0.3 is 10.6 Å². The zero-order valence-corrected chi connectivity index (χ0v) is 12.6. The number of nitrogen functional groups attached to an aromatic ring is 1. The van der Waals surface area contributed by atoms with Crippen LogP contribution in [0.4, 0.5) is 5.69 Å². The standard InChI is InChI=1S/C18H23N3/c1-20-10-12-21(13-11-20)14-15-2-4-16(5-3-15)17-6-8-18(19)9-7-17/h2-9H,10-14,19H2,1H3. The largest absolute Gasteiger partial charge is 0.399 e. The van der Waals surface area contributed by atoms with Crippen molar-refractivity contribution in [1.82, 2.24) is 9.80 Å². The van der Waals surface area contributed by atoms with E-state index in [2.05, 4.69) is 53.2 Å². The number of rotatable bonds is 3. The molecule has 21 heavy (non-hydrogen) atoms. The molecule has 2 aromatic carbocycles. The first-order valence-corrected chi connectivity index (χ1v) is 7.56. The lowest BCUT2D eigenvalue weighted by Crippen LogP contribution is -2.43. The Kier molecular flexibility index (Phi) is 4.23. The number of hydrogen-bond acceptors (Lipinski definition) is 3. The predicted octanol–water partition coefficient (Wildman–Crippen LogP) is 2.68. The first-order chi connectivity index (χ1) is 10.2. The lowest BCUT2D eigenvalue weighted by Gasteiger charge is -2.32. The normalized spacial score (nSPS) is 17.0. The summed E-state index contributed by atoms with van der Waals surface area (Å²) in [6.07, 6.45) is 0. The van der Waals surface area contributed by atoms with E-state index in [9.17, 15) is 0 Å². The van der Waals surface area contributed by atoms with Gasteiger partial charge in [0.25, 0.3) is 0 Å². The topological polar surface area (TPSA) is 32.5 Å². The van der Waals surface area contributed by atoms with Crippen LogP contribution in [0.3, 0.4) is 0 Å². The SMILES string of the molecule is CN1CCN(Cc2ccc(-c3ccc(N)cc3)cc2)CC1. The quantitative estimate of drug-likeness (QED) is 0.878. The number of likely N-dealkylation sites (N-methyl/N-ethyl adjacent to an activating group) is 1. The molecule has 1 heterocycles. The van der Waals surface area contributed by atoms with E-state index in [0.717, 1.165) is 25.3 Å². The highest BCUT2D eigenvalue weighted by atomic mass is 15.2. The van der Waals surface area contributed by atoms with Crippen LogP contribution in [0.2, 0.25) is 0 Å². The summed E-state index contributed by atoms with van der Waals surface area (Å²) in [6, 6.07) is 16.9. The van der Waals surface area contributed by atoms with E-state index in [4.69, 9.17) is 5.73 Å². The van der Waals surface area contributed by atoms with Crippen LogP contribution in [-0.4, -0.2) is 43.0 Å². The first kappa shape index (κ1) is 14.1. The second-order valence-corrected chi connectivity index (χ2v) is 5.90. The monoisotopic (exact) mass is 281 g/mol. The van der Waals surface area contributed by atoms with Crippen molar-refractivity contribution in [1.29, 1.82) is 0 Å². The van der Waals surface area contributed by atoms with E-state index in [-0.39, 0.29) is 0 Å². The van der Waals surface area contributed by atoms with Crippen LogP contribution in [0.25, 0.3) is 11.1 Å². The Balaban J connectivity index is 1.65.